The van der Waals surface area contributed by atoms with Gasteiger partial charge in [0.15, 0.2) is 28.8 Å². The number of phenolic OH excluding ortho intramolecular Hbond substituents is 3. The van der Waals surface area contributed by atoms with E-state index in [0.717, 1.165) is 50.2 Å². The molecular formula is C101H99Cl4F8N19O11P2. The summed E-state index contributed by atoms with van der Waals surface area (Å²) in [7, 11) is -5.40. The van der Waals surface area contributed by atoms with Crippen molar-refractivity contribution in [2.75, 3.05) is 183 Å². The predicted molar refractivity (Wildman–Crippen MR) is 547 cm³/mol. The number of piperazine rings is 4. The van der Waals surface area contributed by atoms with E-state index in [1.165, 1.54) is 117 Å². The monoisotopic (exact) mass is 2110 g/mol. The summed E-state index contributed by atoms with van der Waals surface area (Å²) >= 11 is 25.9. The number of rotatable bonds is 21. The van der Waals surface area contributed by atoms with Crippen molar-refractivity contribution in [1.29, 1.82) is 0 Å². The summed E-state index contributed by atoms with van der Waals surface area (Å²) < 4.78 is 160. The maximum Gasteiger partial charge on any atom is 0.319 e. The number of amides is 4. The van der Waals surface area contributed by atoms with E-state index in [-0.39, 0.29) is 151 Å². The molecule has 0 spiro atoms. The Hall–Kier alpha value is -13.4. The number of benzene rings is 8. The molecule has 5 saturated heterocycles. The maximum atomic E-state index is 16.6. The number of aromatic nitrogens is 10. The second kappa shape index (κ2) is 43.9. The first-order valence-electron chi connectivity index (χ1n) is 46.3. The van der Waals surface area contributed by atoms with Crippen molar-refractivity contribution in [1.82, 2.24) is 74.6 Å². The lowest BCUT2D eigenvalue weighted by atomic mass is 9.98. The van der Waals surface area contributed by atoms with Crippen LogP contribution in [0.15, 0.2) is 148 Å². The molecule has 4 amide bonds. The molecule has 30 nitrogen and oxygen atoms in total. The Morgan fingerprint density at radius 3 is 1.10 bits per heavy atom. The molecule has 13 aromatic rings. The van der Waals surface area contributed by atoms with Crippen LogP contribution in [0.4, 0.5) is 58.4 Å². The number of ether oxygens (including phenoxy) is 2. The molecule has 1 saturated carbocycles. The Kier molecular flexibility index (Phi) is 31.6. The summed E-state index contributed by atoms with van der Waals surface area (Å²) in [5, 5.41) is 38.8. The number of H-pyrrole nitrogens is 1. The minimum Gasteiger partial charge on any atom is -0.507 e. The normalized spacial score (nSPS) is 15.5. The number of nitrogens with zero attached hydrogens (tertiary/aromatic N) is 18. The fraction of sp³-hybridized carbons (Fsp3) is 0.317. The van der Waals surface area contributed by atoms with Gasteiger partial charge in [0.1, 0.15) is 98.8 Å². The minimum atomic E-state index is -3.02. The van der Waals surface area contributed by atoms with E-state index in [9.17, 15) is 56.8 Å². The van der Waals surface area contributed by atoms with E-state index in [1.54, 1.807) is 52.0 Å². The molecule has 44 heteroatoms. The molecular weight excluding hydrogens is 2010 g/mol. The van der Waals surface area contributed by atoms with Crippen molar-refractivity contribution < 1.29 is 88.2 Å². The van der Waals surface area contributed by atoms with Crippen LogP contribution in [0.3, 0.4) is 0 Å². The zero-order valence-corrected chi connectivity index (χ0v) is 84.1. The Labute approximate surface area is 847 Å². The number of anilines is 4. The van der Waals surface area contributed by atoms with Crippen molar-refractivity contribution in [3.05, 3.63) is 220 Å². The SMILES string of the molecule is C=CC(=O)N1CCN(c2nc(C)nc3c(F)c(-c4c(O)cccc4F)c(Cl)cc23)CC1.C=CC(=O)N1CCN(c2nc(OCC3CCN(C4CC4)CC3)nc3c(F)c(-c4c(F)ccc5[nH]ncc45)c(Cl)cc23)CC1.C=CC(=O)N1CCN(c2nc(OCCP(C)(C)=O)nc3c(F)c(-c4c(O)cccc4F)c(Cl)cc23)CC1.C=CC(=O)N1CCN(c2nc(P(C)(C)=O)nc3c(F)c(-c4c(O)cccc4F)c(Cl)cc23)CC1. The third-order valence-electron chi connectivity index (χ3n) is 25.8. The number of hydrogen-bond donors (Lipinski definition) is 4. The number of likely N-dealkylation sites (tertiary alicyclic amines) is 1. The number of carbonyl (C=O) groups is 4. The molecule has 0 atom stereocenters. The second-order valence-electron chi connectivity index (χ2n) is 36.1. The summed E-state index contributed by atoms with van der Waals surface area (Å²) in [6, 6.07) is 20.3. The number of hydrogen-bond acceptors (Lipinski definition) is 25. The smallest absolute Gasteiger partial charge is 0.319 e. The van der Waals surface area contributed by atoms with Gasteiger partial charge in [0.25, 0.3) is 0 Å². The van der Waals surface area contributed by atoms with Crippen LogP contribution in [-0.2, 0) is 28.3 Å². The van der Waals surface area contributed by atoms with Crippen molar-refractivity contribution >= 4 is 168 Å². The van der Waals surface area contributed by atoms with Gasteiger partial charge < -0.3 is 78.0 Å². The molecule has 4 N–H and O–H groups in total. The van der Waals surface area contributed by atoms with Crippen LogP contribution >= 0.6 is 60.7 Å². The van der Waals surface area contributed by atoms with Gasteiger partial charge >= 0.3 is 12.0 Å². The average molecular weight is 2110 g/mol. The molecule has 5 aliphatic heterocycles. The average Bonchev–Trinajstić information content (AvgIpc) is 1.30. The lowest BCUT2D eigenvalue weighted by Gasteiger charge is -2.35. The molecule has 8 aromatic carbocycles. The Balaban J connectivity index is 0.000000140. The number of halogens is 12. The molecule has 0 bridgehead atoms. The van der Waals surface area contributed by atoms with Gasteiger partial charge in [-0.05, 0) is 175 Å². The fourth-order valence-corrected chi connectivity index (χ4v) is 20.5. The van der Waals surface area contributed by atoms with Crippen LogP contribution in [-0.4, -0.2) is 283 Å². The van der Waals surface area contributed by atoms with E-state index in [1.807, 2.05) is 19.6 Å². The van der Waals surface area contributed by atoms with Crippen LogP contribution in [0, 0.1) is 59.4 Å². The van der Waals surface area contributed by atoms with Gasteiger partial charge in [-0.3, -0.25) is 24.3 Å². The van der Waals surface area contributed by atoms with Gasteiger partial charge in [0.05, 0.1) is 68.9 Å². The number of piperidine rings is 1. The number of aromatic hydroxyl groups is 3. The first kappa shape index (κ1) is 104. The molecule has 6 fully saturated rings. The van der Waals surface area contributed by atoms with Gasteiger partial charge in [-0.25, -0.2) is 55.1 Å². The zero-order chi connectivity index (χ0) is 104. The number of carbonyl (C=O) groups excluding carboxylic acids is 4. The lowest BCUT2D eigenvalue weighted by molar-refractivity contribution is -0.127. The van der Waals surface area contributed by atoms with E-state index < -0.39 is 78.1 Å². The number of nitrogens with one attached hydrogen (secondary N) is 1. The molecule has 19 rings (SSSR count). The first-order valence-corrected chi connectivity index (χ1v) is 53.2. The number of fused-ring (bicyclic) bond motifs is 5. The maximum absolute atomic E-state index is 16.6. The van der Waals surface area contributed by atoms with Crippen molar-refractivity contribution in [3.63, 3.8) is 0 Å². The van der Waals surface area contributed by atoms with Crippen LogP contribution < -0.4 is 34.6 Å². The first-order chi connectivity index (χ1) is 69.2. The molecule has 10 heterocycles. The summed E-state index contributed by atoms with van der Waals surface area (Å²) in [4.78, 5) is 100. The highest BCUT2D eigenvalue weighted by molar-refractivity contribution is 7.69. The molecule has 5 aromatic heterocycles. The zero-order valence-electron chi connectivity index (χ0n) is 79.3. The summed E-state index contributed by atoms with van der Waals surface area (Å²) in [6.07, 6.45) is 11.4. The Morgan fingerprint density at radius 1 is 0.414 bits per heavy atom. The van der Waals surface area contributed by atoms with Gasteiger partial charge in [-0.1, -0.05) is 90.9 Å². The molecule has 6 aliphatic rings. The molecule has 0 radical (unpaired) electrons. The lowest BCUT2D eigenvalue weighted by Crippen LogP contribution is -2.49. The topological polar surface area (TPSA) is 343 Å². The van der Waals surface area contributed by atoms with E-state index in [2.05, 4.69) is 76.3 Å². The van der Waals surface area contributed by atoms with Gasteiger partial charge in [0, 0.05) is 172 Å². The van der Waals surface area contributed by atoms with Crippen LogP contribution in [0.5, 0.6) is 29.3 Å². The van der Waals surface area contributed by atoms with Crippen molar-refractivity contribution in [3.8, 4) is 73.8 Å². The largest absolute Gasteiger partial charge is 0.507 e. The van der Waals surface area contributed by atoms with E-state index >= 15 is 22.0 Å². The third kappa shape index (κ3) is 22.4. The van der Waals surface area contributed by atoms with Gasteiger partial charge in [0.2, 0.25) is 23.6 Å². The quantitative estimate of drug-likeness (QED) is 0.0295. The second-order valence-corrected chi connectivity index (χ2v) is 44.4. The Morgan fingerprint density at radius 2 is 0.752 bits per heavy atom. The number of phenols is 3. The number of aromatic amines is 1. The van der Waals surface area contributed by atoms with Gasteiger partial charge in [-0.2, -0.15) is 25.0 Å². The van der Waals surface area contributed by atoms with E-state index in [0.29, 0.717) is 168 Å². The highest BCUT2D eigenvalue weighted by Crippen LogP contribution is 2.50. The fourth-order valence-electron chi connectivity index (χ4n) is 18.1. The van der Waals surface area contributed by atoms with Crippen LogP contribution in [0.2, 0.25) is 20.1 Å². The third-order valence-corrected chi connectivity index (χ3v) is 29.4. The minimum absolute atomic E-state index is 0.00699. The van der Waals surface area contributed by atoms with Crippen LogP contribution in [0.25, 0.3) is 99.0 Å². The highest BCUT2D eigenvalue weighted by atomic mass is 35.5. The number of aryl methyl sites for hydroxylation is 1. The predicted octanol–water partition coefficient (Wildman–Crippen LogP) is 18.1. The summed E-state index contributed by atoms with van der Waals surface area (Å²) in [5.41, 5.74) is -1.98. The van der Waals surface area contributed by atoms with E-state index in [4.69, 9.17) is 60.9 Å². The van der Waals surface area contributed by atoms with Crippen molar-refractivity contribution in [2.45, 2.75) is 38.6 Å². The summed E-state index contributed by atoms with van der Waals surface area (Å²) in [6.45, 7) is 31.3. The van der Waals surface area contributed by atoms with Crippen molar-refractivity contribution in [2.24, 2.45) is 5.92 Å². The molecule has 1 aliphatic carbocycles. The molecule has 758 valence electrons. The van der Waals surface area contributed by atoms with Crippen LogP contribution in [0.1, 0.15) is 31.5 Å². The van der Waals surface area contributed by atoms with Gasteiger partial charge in [-0.15, -0.1) is 0 Å². The summed E-state index contributed by atoms with van der Waals surface area (Å²) in [5.74, 6) is -6.41. The molecule has 0 unspecified atom stereocenters. The Bertz CT molecular complexity index is 7380. The highest BCUT2D eigenvalue weighted by Gasteiger charge is 2.38. The molecule has 145 heavy (non-hydrogen) atoms. The standard InChI is InChI=1S/C31H32ClF2N7O2.C25H26ClF2N4O4P.C23H22ClF2N4O3P.C22H19ClF2N4O2/c1-2-25(42)40-11-13-41(14-12-40)30-20-15-22(32)27(26-21-16-35-38-24(21)6-5-23(26)33)28(34)29(20)36-31(37-30)43-17-18-7-9-39(10-8-18)19-3-4-19;1-4-19(34)31-8-10-32(11-9-31)24-15-14-16(26)20(21-17(27)6-5-7-18(21)33)22(28)23(15)29-25(30-24)36-12-13-37(2,3)35;1-4-17(32)29-8-10-30(11-9-29)22-13-12-14(24)18(19-15(25)6-5-7-16(19)31)20(26)21(13)27-23(28-22)34(2,3)33;1-3-17(31)28-7-9-29(10-8-28)22-13-11-14(23)18(19-15(24)5-4-6-16(19)30)20(25)21(13)26-12(2)27-22/h2,5-6,15-16,18-19H,1,3-4,7-14,17H2,(H,35,38);4-7,14,33H,1,8-13H2,2-3H3;4-7,12,31H,1,8-11H2,2-3H3;3-6,11,30H,1,7-10H2,2H3.